The maximum atomic E-state index is 5.57. The highest BCUT2D eigenvalue weighted by atomic mass is 32.2. The van der Waals surface area contributed by atoms with Gasteiger partial charge >= 0.3 is 0 Å². The first-order valence-corrected chi connectivity index (χ1v) is 7.65. The van der Waals surface area contributed by atoms with Crippen LogP contribution in [0.25, 0.3) is 5.69 Å². The molecule has 0 spiro atoms. The third-order valence-corrected chi connectivity index (χ3v) is 4.61. The molecule has 0 aliphatic carbocycles. The number of benzene rings is 1. The van der Waals surface area contributed by atoms with E-state index in [-0.39, 0.29) is 5.25 Å². The molecule has 2 aromatic heterocycles. The van der Waals surface area contributed by atoms with Gasteiger partial charge in [0.15, 0.2) is 4.34 Å². The van der Waals surface area contributed by atoms with Gasteiger partial charge < -0.3 is 5.73 Å². The van der Waals surface area contributed by atoms with E-state index in [4.69, 9.17) is 5.73 Å². The molecule has 2 N–H and O–H groups in total. The summed E-state index contributed by atoms with van der Waals surface area (Å²) >= 11 is 2.95. The van der Waals surface area contributed by atoms with Crippen LogP contribution in [0.5, 0.6) is 0 Å². The summed E-state index contributed by atoms with van der Waals surface area (Å²) in [6, 6.07) is 9.89. The Morgan fingerprint density at radius 1 is 1.20 bits per heavy atom. The second-order valence-electron chi connectivity index (χ2n) is 4.09. The van der Waals surface area contributed by atoms with Crippen molar-refractivity contribution in [3.8, 4) is 5.69 Å². The van der Waals surface area contributed by atoms with Gasteiger partial charge in [-0.15, -0.1) is 15.3 Å². The fourth-order valence-electron chi connectivity index (χ4n) is 1.65. The molecule has 0 aliphatic rings. The molecule has 0 bridgehead atoms. The molecule has 6 nitrogen and oxygen atoms in total. The lowest BCUT2D eigenvalue weighted by atomic mass is 10.3. The molecule has 2 heterocycles. The fourth-order valence-corrected chi connectivity index (χ4v) is 3.49. The summed E-state index contributed by atoms with van der Waals surface area (Å²) in [7, 11) is 0. The van der Waals surface area contributed by atoms with Crippen molar-refractivity contribution in [1.29, 1.82) is 0 Å². The summed E-state index contributed by atoms with van der Waals surface area (Å²) in [5, 5.41) is 16.8. The number of aromatic nitrogens is 5. The Hall–Kier alpha value is -1.93. The Morgan fingerprint density at radius 3 is 2.70 bits per heavy atom. The minimum Gasteiger partial charge on any atom is -0.374 e. The van der Waals surface area contributed by atoms with Crippen molar-refractivity contribution in [1.82, 2.24) is 25.2 Å². The normalized spacial score (nSPS) is 12.4. The molecule has 102 valence electrons. The largest absolute Gasteiger partial charge is 0.374 e. The highest BCUT2D eigenvalue weighted by Crippen LogP contribution is 2.35. The van der Waals surface area contributed by atoms with Crippen molar-refractivity contribution in [3.05, 3.63) is 42.2 Å². The number of nitrogens with zero attached hydrogens (tertiary/aromatic N) is 5. The van der Waals surface area contributed by atoms with Crippen LogP contribution in [0.1, 0.15) is 17.9 Å². The molecule has 0 aliphatic heterocycles. The second kappa shape index (κ2) is 5.59. The summed E-state index contributed by atoms with van der Waals surface area (Å²) in [4.78, 5) is 0. The maximum Gasteiger partial charge on any atom is 0.203 e. The summed E-state index contributed by atoms with van der Waals surface area (Å²) in [5.41, 5.74) is 7.46. The number of hydrogen-bond donors (Lipinski definition) is 1. The smallest absolute Gasteiger partial charge is 0.203 e. The first kappa shape index (κ1) is 13.1. The van der Waals surface area contributed by atoms with Crippen LogP contribution in [0, 0.1) is 0 Å². The molecule has 1 aromatic carbocycles. The number of para-hydroxylation sites is 1. The summed E-state index contributed by atoms with van der Waals surface area (Å²) in [6.45, 7) is 2.06. The van der Waals surface area contributed by atoms with Crippen LogP contribution in [0.4, 0.5) is 5.13 Å². The van der Waals surface area contributed by atoms with Crippen LogP contribution < -0.4 is 5.73 Å². The average Bonchev–Trinajstić information content (AvgIpc) is 3.09. The van der Waals surface area contributed by atoms with Gasteiger partial charge in [0.25, 0.3) is 0 Å². The standard InChI is InChI=1S/C12H12N6S2/c1-8(19-12-16-15-11(13)20-12)10-7-18(17-14-10)9-5-3-2-4-6-9/h2-8H,1H3,(H2,13,15)/t8-/m0/s1. The van der Waals surface area contributed by atoms with Crippen LogP contribution in [0.3, 0.4) is 0 Å². The van der Waals surface area contributed by atoms with Gasteiger partial charge in [-0.1, -0.05) is 46.5 Å². The van der Waals surface area contributed by atoms with E-state index in [2.05, 4.69) is 27.4 Å². The third-order valence-electron chi connectivity index (χ3n) is 2.65. The monoisotopic (exact) mass is 304 g/mol. The maximum absolute atomic E-state index is 5.57. The molecule has 8 heteroatoms. The predicted octanol–water partition coefficient (Wildman–Crippen LogP) is 2.55. The van der Waals surface area contributed by atoms with E-state index in [1.54, 1.807) is 16.4 Å². The van der Waals surface area contributed by atoms with Crippen molar-refractivity contribution < 1.29 is 0 Å². The number of rotatable bonds is 4. The Balaban J connectivity index is 1.76. The number of anilines is 1. The third kappa shape index (κ3) is 2.81. The van der Waals surface area contributed by atoms with Gasteiger partial charge in [0.2, 0.25) is 5.13 Å². The summed E-state index contributed by atoms with van der Waals surface area (Å²) in [5.74, 6) is 0. The molecule has 0 fully saturated rings. The lowest BCUT2D eigenvalue weighted by molar-refractivity contribution is 0.797. The van der Waals surface area contributed by atoms with E-state index in [0.717, 1.165) is 15.7 Å². The lowest BCUT2D eigenvalue weighted by Crippen LogP contribution is -1.93. The molecule has 0 saturated heterocycles. The lowest BCUT2D eigenvalue weighted by Gasteiger charge is -2.03. The topological polar surface area (TPSA) is 82.5 Å². The number of nitrogen functional groups attached to an aromatic ring is 1. The van der Waals surface area contributed by atoms with Gasteiger partial charge in [-0.2, -0.15) is 0 Å². The average molecular weight is 304 g/mol. The first-order chi connectivity index (χ1) is 9.72. The summed E-state index contributed by atoms with van der Waals surface area (Å²) in [6.07, 6.45) is 1.93. The molecule has 0 unspecified atom stereocenters. The highest BCUT2D eigenvalue weighted by Gasteiger charge is 2.14. The van der Waals surface area contributed by atoms with E-state index in [1.807, 2.05) is 36.5 Å². The Morgan fingerprint density at radius 2 is 2.00 bits per heavy atom. The van der Waals surface area contributed by atoms with E-state index in [9.17, 15) is 0 Å². The zero-order chi connectivity index (χ0) is 13.9. The van der Waals surface area contributed by atoms with E-state index in [0.29, 0.717) is 5.13 Å². The highest BCUT2D eigenvalue weighted by molar-refractivity contribution is 8.01. The zero-order valence-corrected chi connectivity index (χ0v) is 12.3. The minimum atomic E-state index is 0.139. The van der Waals surface area contributed by atoms with Crippen LogP contribution >= 0.6 is 23.1 Å². The van der Waals surface area contributed by atoms with Crippen LogP contribution in [0.2, 0.25) is 0 Å². The molecule has 3 rings (SSSR count). The molecule has 20 heavy (non-hydrogen) atoms. The number of thioether (sulfide) groups is 1. The van der Waals surface area contributed by atoms with Gasteiger partial charge in [-0.05, 0) is 19.1 Å². The quantitative estimate of drug-likeness (QED) is 0.746. The number of nitrogens with two attached hydrogens (primary N) is 1. The Bertz CT molecular complexity index is 693. The van der Waals surface area contributed by atoms with Crippen molar-refractivity contribution in [3.63, 3.8) is 0 Å². The zero-order valence-electron chi connectivity index (χ0n) is 10.7. The predicted molar refractivity (Wildman–Crippen MR) is 80.0 cm³/mol. The van der Waals surface area contributed by atoms with Crippen molar-refractivity contribution in [2.45, 2.75) is 16.5 Å². The van der Waals surface area contributed by atoms with Gasteiger partial charge in [0.05, 0.1) is 22.8 Å². The molecular formula is C12H12N6S2. The van der Waals surface area contributed by atoms with Gasteiger partial charge in [0.1, 0.15) is 0 Å². The molecule has 0 amide bonds. The van der Waals surface area contributed by atoms with E-state index in [1.165, 1.54) is 11.3 Å². The van der Waals surface area contributed by atoms with Gasteiger partial charge in [-0.25, -0.2) is 4.68 Å². The van der Waals surface area contributed by atoms with Crippen molar-refractivity contribution >= 4 is 28.2 Å². The second-order valence-corrected chi connectivity index (χ2v) is 6.69. The molecular weight excluding hydrogens is 292 g/mol. The fraction of sp³-hybridized carbons (Fsp3) is 0.167. The van der Waals surface area contributed by atoms with Crippen LogP contribution in [-0.4, -0.2) is 25.2 Å². The van der Waals surface area contributed by atoms with E-state index >= 15 is 0 Å². The molecule has 1 atom stereocenters. The Labute approximate surface area is 124 Å². The SMILES string of the molecule is C[C@H](Sc1nnc(N)s1)c1cn(-c2ccccc2)nn1. The van der Waals surface area contributed by atoms with Crippen LogP contribution in [0.15, 0.2) is 40.9 Å². The molecule has 0 radical (unpaired) electrons. The molecule has 0 saturated carbocycles. The number of hydrogen-bond acceptors (Lipinski definition) is 7. The first-order valence-electron chi connectivity index (χ1n) is 5.95. The van der Waals surface area contributed by atoms with Gasteiger partial charge in [-0.3, -0.25) is 0 Å². The minimum absolute atomic E-state index is 0.139. The van der Waals surface area contributed by atoms with Crippen molar-refractivity contribution in [2.75, 3.05) is 5.73 Å². The van der Waals surface area contributed by atoms with Crippen molar-refractivity contribution in [2.24, 2.45) is 0 Å². The van der Waals surface area contributed by atoms with Gasteiger partial charge in [0, 0.05) is 0 Å². The van der Waals surface area contributed by atoms with Crippen LogP contribution in [-0.2, 0) is 0 Å². The molecule has 3 aromatic rings. The summed E-state index contributed by atoms with van der Waals surface area (Å²) < 4.78 is 2.60. The Kier molecular flexibility index (Phi) is 3.66. The van der Waals surface area contributed by atoms with E-state index < -0.39 is 0 Å².